The number of hydrogen-bond donors (Lipinski definition) is 1. The van der Waals surface area contributed by atoms with Gasteiger partial charge in [0.2, 0.25) is 0 Å². The topological polar surface area (TPSA) is 28.2 Å². The van der Waals surface area contributed by atoms with Crippen LogP contribution in [0.4, 0.5) is 10.1 Å². The monoisotopic (exact) mass is 363 g/mol. The van der Waals surface area contributed by atoms with E-state index in [0.29, 0.717) is 6.54 Å². The van der Waals surface area contributed by atoms with Crippen molar-refractivity contribution in [3.05, 3.63) is 90.0 Å². The van der Waals surface area contributed by atoms with Crippen molar-refractivity contribution < 1.29 is 4.39 Å². The molecule has 3 aromatic rings. The molecule has 2 heterocycles. The number of benzene rings is 2. The molecule has 1 aliphatic heterocycles. The van der Waals surface area contributed by atoms with Gasteiger partial charge in [-0.1, -0.05) is 12.1 Å². The van der Waals surface area contributed by atoms with Crippen molar-refractivity contribution in [1.29, 1.82) is 0 Å². The molecule has 0 saturated heterocycles. The van der Waals surface area contributed by atoms with Crippen LogP contribution in [0, 0.1) is 5.82 Å². The average Bonchev–Trinajstić information content (AvgIpc) is 3.14. The molecule has 1 N–H and O–H groups in total. The zero-order valence-corrected chi connectivity index (χ0v) is 15.1. The quantitative estimate of drug-likeness (QED) is 0.672. The van der Waals surface area contributed by atoms with Crippen molar-refractivity contribution in [3.63, 3.8) is 0 Å². The van der Waals surface area contributed by atoms with E-state index in [0.717, 1.165) is 28.1 Å². The van der Waals surface area contributed by atoms with Gasteiger partial charge in [-0.2, -0.15) is 0 Å². The van der Waals surface area contributed by atoms with Crippen molar-refractivity contribution in [2.24, 2.45) is 0 Å². The van der Waals surface area contributed by atoms with Gasteiger partial charge in [0, 0.05) is 22.9 Å². The fourth-order valence-electron chi connectivity index (χ4n) is 3.12. The van der Waals surface area contributed by atoms with Crippen molar-refractivity contribution in [2.45, 2.75) is 4.90 Å². The number of hydrazine groups is 1. The Morgan fingerprint density at radius 3 is 2.42 bits per heavy atom. The number of nitrogens with one attached hydrogen (secondary N) is 1. The minimum Gasteiger partial charge on any atom is -0.297 e. The van der Waals surface area contributed by atoms with Gasteiger partial charge in [-0.05, 0) is 65.9 Å². The summed E-state index contributed by atoms with van der Waals surface area (Å²) in [5, 5.41) is 2.14. The number of nitrogens with zero attached hydrogens (tertiary/aromatic N) is 2. The molecular formula is C21H18FN3S. The first-order chi connectivity index (χ1) is 12.8. The summed E-state index contributed by atoms with van der Waals surface area (Å²) in [6.07, 6.45) is 5.67. The van der Waals surface area contributed by atoms with Crippen molar-refractivity contribution in [1.82, 2.24) is 10.4 Å². The highest BCUT2D eigenvalue weighted by Gasteiger charge is 2.25. The highest BCUT2D eigenvalue weighted by Crippen LogP contribution is 2.35. The number of para-hydroxylation sites is 1. The molecular weight excluding hydrogens is 345 g/mol. The molecule has 0 radical (unpaired) electrons. The molecule has 0 bridgehead atoms. The molecule has 0 amide bonds. The van der Waals surface area contributed by atoms with Crippen LogP contribution in [0.25, 0.3) is 11.3 Å². The molecule has 0 fully saturated rings. The van der Waals surface area contributed by atoms with E-state index in [1.54, 1.807) is 24.2 Å². The fourth-order valence-corrected chi connectivity index (χ4v) is 3.72. The highest BCUT2D eigenvalue weighted by molar-refractivity contribution is 7.98. The maximum Gasteiger partial charge on any atom is 0.123 e. The van der Waals surface area contributed by atoms with E-state index in [4.69, 9.17) is 0 Å². The minimum atomic E-state index is -0.234. The first-order valence-corrected chi connectivity index (χ1v) is 9.55. The lowest BCUT2D eigenvalue weighted by Crippen LogP contribution is -2.32. The standard InChI is InChI=1S/C21H18FN3S/c1-26-20-5-3-2-4-19(20)25-14-18(15-10-12-23-13-11-15)21(24-25)16-6-8-17(22)9-7-16/h2-13,24H,14H2,1H3. The summed E-state index contributed by atoms with van der Waals surface area (Å²) in [6.45, 7) is 0.717. The van der Waals surface area contributed by atoms with Crippen molar-refractivity contribution >= 4 is 28.7 Å². The predicted molar refractivity (Wildman–Crippen MR) is 106 cm³/mol. The molecule has 3 nitrogen and oxygen atoms in total. The third-order valence-corrected chi connectivity index (χ3v) is 5.19. The molecule has 0 aliphatic carbocycles. The summed E-state index contributed by atoms with van der Waals surface area (Å²) < 4.78 is 13.4. The number of pyridine rings is 1. The zero-order valence-electron chi connectivity index (χ0n) is 14.3. The van der Waals surface area contributed by atoms with E-state index in [1.165, 1.54) is 17.0 Å². The summed E-state index contributed by atoms with van der Waals surface area (Å²) in [6, 6.07) is 18.9. The zero-order chi connectivity index (χ0) is 17.9. The first-order valence-electron chi connectivity index (χ1n) is 8.33. The van der Waals surface area contributed by atoms with E-state index in [1.807, 2.05) is 36.4 Å². The van der Waals surface area contributed by atoms with E-state index in [9.17, 15) is 4.39 Å². The highest BCUT2D eigenvalue weighted by atomic mass is 32.2. The lowest BCUT2D eigenvalue weighted by atomic mass is 10.0. The predicted octanol–water partition coefficient (Wildman–Crippen LogP) is 4.84. The molecule has 130 valence electrons. The lowest BCUT2D eigenvalue weighted by molar-refractivity contribution is 0.627. The minimum absolute atomic E-state index is 0.234. The van der Waals surface area contributed by atoms with Crippen LogP contribution in [0.15, 0.2) is 78.0 Å². The van der Waals surface area contributed by atoms with E-state index in [-0.39, 0.29) is 5.82 Å². The van der Waals surface area contributed by atoms with E-state index >= 15 is 0 Å². The normalized spacial score (nSPS) is 13.8. The van der Waals surface area contributed by atoms with Crippen LogP contribution in [0.5, 0.6) is 0 Å². The van der Waals surface area contributed by atoms with Crippen LogP contribution in [0.3, 0.4) is 0 Å². The summed E-state index contributed by atoms with van der Waals surface area (Å²) in [5.74, 6) is -0.234. The second-order valence-corrected chi connectivity index (χ2v) is 6.81. The summed E-state index contributed by atoms with van der Waals surface area (Å²) >= 11 is 1.72. The van der Waals surface area contributed by atoms with E-state index < -0.39 is 0 Å². The molecule has 5 heteroatoms. The van der Waals surface area contributed by atoms with Gasteiger partial charge in [-0.15, -0.1) is 11.8 Å². The van der Waals surface area contributed by atoms with Gasteiger partial charge in [0.05, 0.1) is 17.9 Å². The first kappa shape index (κ1) is 16.7. The number of thioether (sulfide) groups is 1. The lowest BCUT2D eigenvalue weighted by Gasteiger charge is -2.22. The van der Waals surface area contributed by atoms with Gasteiger partial charge in [0.1, 0.15) is 5.82 Å². The maximum absolute atomic E-state index is 13.4. The largest absolute Gasteiger partial charge is 0.297 e. The molecule has 0 unspecified atom stereocenters. The van der Waals surface area contributed by atoms with Crippen LogP contribution in [0.1, 0.15) is 11.1 Å². The second-order valence-electron chi connectivity index (χ2n) is 5.97. The number of halogens is 1. The Bertz CT molecular complexity index is 939. The summed E-state index contributed by atoms with van der Waals surface area (Å²) in [4.78, 5) is 5.32. The third-order valence-electron chi connectivity index (χ3n) is 4.40. The summed E-state index contributed by atoms with van der Waals surface area (Å²) in [5.41, 5.74) is 8.87. The molecule has 0 atom stereocenters. The molecule has 0 saturated carbocycles. The van der Waals surface area contributed by atoms with Gasteiger partial charge in [-0.3, -0.25) is 15.4 Å². The van der Waals surface area contributed by atoms with Crippen LogP contribution in [0.2, 0.25) is 0 Å². The SMILES string of the molecule is CSc1ccccc1N1CC(c2ccncc2)=C(c2ccc(F)cc2)N1. The van der Waals surface area contributed by atoms with Crippen LogP contribution >= 0.6 is 11.8 Å². The van der Waals surface area contributed by atoms with Crippen LogP contribution in [-0.2, 0) is 0 Å². The Kier molecular flexibility index (Phi) is 4.63. The number of hydrogen-bond acceptors (Lipinski definition) is 4. The molecule has 1 aliphatic rings. The third kappa shape index (κ3) is 3.18. The fraction of sp³-hybridized carbons (Fsp3) is 0.0952. The second kappa shape index (κ2) is 7.22. The van der Waals surface area contributed by atoms with Crippen LogP contribution < -0.4 is 10.4 Å². The van der Waals surface area contributed by atoms with Gasteiger partial charge in [0.15, 0.2) is 0 Å². The Labute approximate surface area is 156 Å². The summed E-state index contributed by atoms with van der Waals surface area (Å²) in [7, 11) is 0. The van der Waals surface area contributed by atoms with Gasteiger partial charge >= 0.3 is 0 Å². The Morgan fingerprint density at radius 1 is 0.962 bits per heavy atom. The van der Waals surface area contributed by atoms with Gasteiger partial charge < -0.3 is 0 Å². The average molecular weight is 363 g/mol. The van der Waals surface area contributed by atoms with E-state index in [2.05, 4.69) is 33.8 Å². The molecule has 26 heavy (non-hydrogen) atoms. The molecule has 2 aromatic carbocycles. The molecule has 4 rings (SSSR count). The smallest absolute Gasteiger partial charge is 0.123 e. The van der Waals surface area contributed by atoms with Crippen molar-refractivity contribution in [2.75, 3.05) is 17.8 Å². The Balaban J connectivity index is 1.77. The number of aromatic nitrogens is 1. The number of rotatable bonds is 4. The maximum atomic E-state index is 13.4. The van der Waals surface area contributed by atoms with Crippen molar-refractivity contribution in [3.8, 4) is 0 Å². The molecule has 1 aromatic heterocycles. The van der Waals surface area contributed by atoms with Gasteiger partial charge in [-0.25, -0.2) is 4.39 Å². The molecule has 0 spiro atoms. The number of anilines is 1. The Morgan fingerprint density at radius 2 is 1.69 bits per heavy atom. The van der Waals surface area contributed by atoms with Crippen LogP contribution in [-0.4, -0.2) is 17.8 Å². The van der Waals surface area contributed by atoms with Gasteiger partial charge in [0.25, 0.3) is 0 Å². The Hall–Kier alpha value is -2.79.